The SMILES string of the molecule is COc1c(C)cc(-c2cnn(C)c2N)cc1C(C)(C)C. The molecule has 1 aromatic heterocycles. The monoisotopic (exact) mass is 273 g/mol. The van der Waals surface area contributed by atoms with Gasteiger partial charge >= 0.3 is 0 Å². The molecule has 1 aromatic carbocycles. The Bertz CT molecular complexity index is 636. The Morgan fingerprint density at radius 3 is 2.35 bits per heavy atom. The van der Waals surface area contributed by atoms with Crippen LogP contribution in [0.25, 0.3) is 11.1 Å². The van der Waals surface area contributed by atoms with E-state index in [9.17, 15) is 0 Å². The lowest BCUT2D eigenvalue weighted by molar-refractivity contribution is 0.394. The summed E-state index contributed by atoms with van der Waals surface area (Å²) in [7, 11) is 3.57. The molecule has 0 atom stereocenters. The van der Waals surface area contributed by atoms with Gasteiger partial charge in [0, 0.05) is 18.2 Å². The summed E-state index contributed by atoms with van der Waals surface area (Å²) in [4.78, 5) is 0. The molecule has 2 rings (SSSR count). The Labute approximate surface area is 120 Å². The highest BCUT2D eigenvalue weighted by molar-refractivity contribution is 5.76. The Balaban J connectivity index is 2.69. The van der Waals surface area contributed by atoms with E-state index in [0.717, 1.165) is 22.4 Å². The van der Waals surface area contributed by atoms with Gasteiger partial charge in [-0.25, -0.2) is 0 Å². The van der Waals surface area contributed by atoms with Crippen molar-refractivity contribution in [2.75, 3.05) is 12.8 Å². The number of ether oxygens (including phenoxy) is 1. The average molecular weight is 273 g/mol. The normalized spacial score (nSPS) is 11.7. The van der Waals surface area contributed by atoms with Gasteiger partial charge in [-0.05, 0) is 35.6 Å². The lowest BCUT2D eigenvalue weighted by Gasteiger charge is -2.24. The molecule has 0 fully saturated rings. The van der Waals surface area contributed by atoms with Crippen molar-refractivity contribution in [3.8, 4) is 16.9 Å². The van der Waals surface area contributed by atoms with Gasteiger partial charge < -0.3 is 10.5 Å². The quantitative estimate of drug-likeness (QED) is 0.913. The number of nitrogen functional groups attached to an aromatic ring is 1. The summed E-state index contributed by atoms with van der Waals surface area (Å²) in [5.41, 5.74) is 10.4. The van der Waals surface area contributed by atoms with Crippen molar-refractivity contribution < 1.29 is 4.74 Å². The van der Waals surface area contributed by atoms with Crippen molar-refractivity contribution in [2.24, 2.45) is 7.05 Å². The molecule has 0 aliphatic heterocycles. The number of rotatable bonds is 2. The molecular formula is C16H23N3O. The van der Waals surface area contributed by atoms with E-state index in [1.165, 1.54) is 5.56 Å². The van der Waals surface area contributed by atoms with Crippen LogP contribution >= 0.6 is 0 Å². The van der Waals surface area contributed by atoms with E-state index in [2.05, 4.69) is 44.9 Å². The van der Waals surface area contributed by atoms with Gasteiger partial charge in [0.2, 0.25) is 0 Å². The largest absolute Gasteiger partial charge is 0.496 e. The average Bonchev–Trinajstić information content (AvgIpc) is 2.68. The van der Waals surface area contributed by atoms with Crippen LogP contribution in [0.3, 0.4) is 0 Å². The van der Waals surface area contributed by atoms with Crippen LogP contribution in [0.2, 0.25) is 0 Å². The first-order valence-corrected chi connectivity index (χ1v) is 6.72. The first-order valence-electron chi connectivity index (χ1n) is 6.72. The van der Waals surface area contributed by atoms with Crippen LogP contribution < -0.4 is 10.5 Å². The third-order valence-electron chi connectivity index (χ3n) is 3.58. The molecule has 4 heteroatoms. The maximum Gasteiger partial charge on any atom is 0.129 e. The maximum atomic E-state index is 6.08. The van der Waals surface area contributed by atoms with Gasteiger partial charge in [-0.15, -0.1) is 0 Å². The minimum Gasteiger partial charge on any atom is -0.496 e. The minimum absolute atomic E-state index is 0.00306. The van der Waals surface area contributed by atoms with Crippen molar-refractivity contribution >= 4 is 5.82 Å². The van der Waals surface area contributed by atoms with Gasteiger partial charge in [0.25, 0.3) is 0 Å². The Morgan fingerprint density at radius 2 is 1.90 bits per heavy atom. The second kappa shape index (κ2) is 4.85. The molecule has 4 nitrogen and oxygen atoms in total. The van der Waals surface area contributed by atoms with Crippen LogP contribution in [0.15, 0.2) is 18.3 Å². The van der Waals surface area contributed by atoms with Crippen molar-refractivity contribution in [1.82, 2.24) is 9.78 Å². The zero-order valence-electron chi connectivity index (χ0n) is 13.1. The standard InChI is InChI=1S/C16H23N3O/c1-10-7-11(12-9-18-19(5)15(12)17)8-13(14(10)20-6)16(2,3)4/h7-9H,17H2,1-6H3. The van der Waals surface area contributed by atoms with E-state index in [0.29, 0.717) is 5.82 Å². The predicted octanol–water partition coefficient (Wildman–Crippen LogP) is 3.28. The van der Waals surface area contributed by atoms with Crippen LogP contribution in [0, 0.1) is 6.92 Å². The zero-order chi connectivity index (χ0) is 15.1. The molecule has 0 aliphatic carbocycles. The van der Waals surface area contributed by atoms with Crippen molar-refractivity contribution in [1.29, 1.82) is 0 Å². The fraction of sp³-hybridized carbons (Fsp3) is 0.438. The highest BCUT2D eigenvalue weighted by Gasteiger charge is 2.22. The van der Waals surface area contributed by atoms with Gasteiger partial charge in [0.1, 0.15) is 11.6 Å². The molecule has 1 heterocycles. The second-order valence-corrected chi connectivity index (χ2v) is 6.19. The number of hydrogen-bond acceptors (Lipinski definition) is 3. The van der Waals surface area contributed by atoms with Crippen LogP contribution in [-0.2, 0) is 12.5 Å². The lowest BCUT2D eigenvalue weighted by atomic mass is 9.83. The number of aryl methyl sites for hydroxylation is 2. The highest BCUT2D eigenvalue weighted by Crippen LogP contribution is 2.38. The van der Waals surface area contributed by atoms with Crippen LogP contribution in [0.1, 0.15) is 31.9 Å². The summed E-state index contributed by atoms with van der Waals surface area (Å²) in [6, 6.07) is 4.25. The topological polar surface area (TPSA) is 53.1 Å². The summed E-state index contributed by atoms with van der Waals surface area (Å²) in [6.45, 7) is 8.60. The molecule has 2 aromatic rings. The molecular weight excluding hydrogens is 250 g/mol. The van der Waals surface area contributed by atoms with E-state index in [-0.39, 0.29) is 5.41 Å². The summed E-state index contributed by atoms with van der Waals surface area (Å²) < 4.78 is 7.26. The van der Waals surface area contributed by atoms with Crippen molar-refractivity contribution in [3.05, 3.63) is 29.5 Å². The third-order valence-corrected chi connectivity index (χ3v) is 3.58. The van der Waals surface area contributed by atoms with Gasteiger partial charge in [0.05, 0.1) is 13.3 Å². The molecule has 0 saturated carbocycles. The Kier molecular flexibility index (Phi) is 3.50. The zero-order valence-corrected chi connectivity index (χ0v) is 13.1. The fourth-order valence-electron chi connectivity index (χ4n) is 2.43. The van der Waals surface area contributed by atoms with Crippen LogP contribution in [0.5, 0.6) is 5.75 Å². The third kappa shape index (κ3) is 2.38. The van der Waals surface area contributed by atoms with Crippen LogP contribution in [0.4, 0.5) is 5.82 Å². The summed E-state index contributed by atoms with van der Waals surface area (Å²) in [5.74, 6) is 1.62. The van der Waals surface area contributed by atoms with Crippen molar-refractivity contribution in [3.63, 3.8) is 0 Å². The number of aromatic nitrogens is 2. The number of nitrogens with two attached hydrogens (primary N) is 1. The molecule has 0 amide bonds. The Morgan fingerprint density at radius 1 is 1.25 bits per heavy atom. The first kappa shape index (κ1) is 14.4. The van der Waals surface area contributed by atoms with E-state index in [1.807, 2.05) is 13.2 Å². The summed E-state index contributed by atoms with van der Waals surface area (Å²) >= 11 is 0. The van der Waals surface area contributed by atoms with Crippen LogP contribution in [-0.4, -0.2) is 16.9 Å². The second-order valence-electron chi connectivity index (χ2n) is 6.19. The molecule has 20 heavy (non-hydrogen) atoms. The molecule has 108 valence electrons. The highest BCUT2D eigenvalue weighted by atomic mass is 16.5. The van der Waals surface area contributed by atoms with Crippen molar-refractivity contribution in [2.45, 2.75) is 33.1 Å². The molecule has 0 spiro atoms. The number of methoxy groups -OCH3 is 1. The molecule has 2 N–H and O–H groups in total. The molecule has 0 unspecified atom stereocenters. The lowest BCUT2D eigenvalue weighted by Crippen LogP contribution is -2.14. The van der Waals surface area contributed by atoms with Gasteiger partial charge in [-0.1, -0.05) is 20.8 Å². The number of hydrogen-bond donors (Lipinski definition) is 1. The molecule has 0 aliphatic rings. The minimum atomic E-state index is 0.00306. The summed E-state index contributed by atoms with van der Waals surface area (Å²) in [5, 5.41) is 4.22. The Hall–Kier alpha value is -1.97. The van der Waals surface area contributed by atoms with Gasteiger partial charge in [-0.3, -0.25) is 4.68 Å². The number of benzene rings is 1. The van der Waals surface area contributed by atoms with Gasteiger partial charge in [0.15, 0.2) is 0 Å². The smallest absolute Gasteiger partial charge is 0.129 e. The number of nitrogens with zero attached hydrogens (tertiary/aromatic N) is 2. The first-order chi connectivity index (χ1) is 9.25. The molecule has 0 bridgehead atoms. The molecule has 0 radical (unpaired) electrons. The van der Waals surface area contributed by atoms with E-state index in [4.69, 9.17) is 10.5 Å². The van der Waals surface area contributed by atoms with E-state index in [1.54, 1.807) is 11.8 Å². The molecule has 0 saturated heterocycles. The summed E-state index contributed by atoms with van der Waals surface area (Å²) in [6.07, 6.45) is 1.81. The van der Waals surface area contributed by atoms with E-state index < -0.39 is 0 Å². The maximum absolute atomic E-state index is 6.08. The van der Waals surface area contributed by atoms with Gasteiger partial charge in [-0.2, -0.15) is 5.10 Å². The number of anilines is 1. The fourth-order valence-corrected chi connectivity index (χ4v) is 2.43. The predicted molar refractivity (Wildman–Crippen MR) is 83.0 cm³/mol. The van der Waals surface area contributed by atoms with E-state index >= 15 is 0 Å².